The number of aromatic nitrogens is 2. The lowest BCUT2D eigenvalue weighted by Gasteiger charge is -2.30. The molecule has 2 aliphatic rings. The van der Waals surface area contributed by atoms with E-state index < -0.39 is 0 Å². The van der Waals surface area contributed by atoms with Gasteiger partial charge in [-0.1, -0.05) is 6.07 Å². The molecule has 1 saturated carbocycles. The summed E-state index contributed by atoms with van der Waals surface area (Å²) < 4.78 is 4.82. The van der Waals surface area contributed by atoms with Crippen LogP contribution in [0.25, 0.3) is 0 Å². The third-order valence-corrected chi connectivity index (χ3v) is 5.34. The number of fused-ring (bicyclic) bond motifs is 1. The maximum atomic E-state index is 11.8. The van der Waals surface area contributed by atoms with Gasteiger partial charge in [0.2, 0.25) is 5.95 Å². The molecule has 7 heteroatoms. The molecule has 1 aliphatic carbocycles. The summed E-state index contributed by atoms with van der Waals surface area (Å²) in [7, 11) is 1.40. The van der Waals surface area contributed by atoms with Crippen LogP contribution < -0.4 is 10.2 Å². The fourth-order valence-corrected chi connectivity index (χ4v) is 3.53. The number of carbonyl (C=O) groups excluding carboxylic acids is 1. The van der Waals surface area contributed by atoms with Gasteiger partial charge in [-0.25, -0.2) is 9.78 Å². The molecular formula is C21H26N4O3. The van der Waals surface area contributed by atoms with E-state index in [-0.39, 0.29) is 18.6 Å². The number of aliphatic hydroxyl groups is 1. The molecule has 2 aromatic rings. The summed E-state index contributed by atoms with van der Waals surface area (Å²) in [5.41, 5.74) is 4.05. The van der Waals surface area contributed by atoms with Crippen LogP contribution in [0.4, 0.5) is 11.8 Å². The minimum atomic E-state index is -0.302. The van der Waals surface area contributed by atoms with Crippen LogP contribution in [0.5, 0.6) is 0 Å². The van der Waals surface area contributed by atoms with Gasteiger partial charge in [0.05, 0.1) is 25.0 Å². The number of nitrogens with one attached hydrogen (secondary N) is 1. The van der Waals surface area contributed by atoms with Gasteiger partial charge in [0.1, 0.15) is 5.82 Å². The summed E-state index contributed by atoms with van der Waals surface area (Å²) in [4.78, 5) is 23.4. The molecule has 28 heavy (non-hydrogen) atoms. The molecule has 1 aliphatic heterocycles. The van der Waals surface area contributed by atoms with Crippen LogP contribution in [-0.2, 0) is 17.7 Å². The SMILES string of the molecule is COC(=O)c1ccc2c(c1)CCN(c1cc(C3CC3)nc(N[C@@H](C)CO)n1)C2. The summed E-state index contributed by atoms with van der Waals surface area (Å²) in [6.07, 6.45) is 3.19. The first-order chi connectivity index (χ1) is 13.6. The topological polar surface area (TPSA) is 87.6 Å². The summed E-state index contributed by atoms with van der Waals surface area (Å²) in [6.45, 7) is 3.51. The van der Waals surface area contributed by atoms with Gasteiger partial charge in [0, 0.05) is 31.1 Å². The molecule has 1 atom stereocenters. The van der Waals surface area contributed by atoms with Crippen molar-refractivity contribution in [1.29, 1.82) is 0 Å². The first kappa shape index (κ1) is 18.7. The molecule has 2 N–H and O–H groups in total. The summed E-state index contributed by atoms with van der Waals surface area (Å²) in [5.74, 6) is 1.70. The zero-order valence-electron chi connectivity index (χ0n) is 16.3. The maximum absolute atomic E-state index is 11.8. The van der Waals surface area contributed by atoms with E-state index >= 15 is 0 Å². The Morgan fingerprint density at radius 3 is 2.86 bits per heavy atom. The molecule has 0 spiro atoms. The largest absolute Gasteiger partial charge is 0.465 e. The number of hydrogen-bond donors (Lipinski definition) is 2. The highest BCUT2D eigenvalue weighted by atomic mass is 16.5. The van der Waals surface area contributed by atoms with Crippen LogP contribution in [0.15, 0.2) is 24.3 Å². The van der Waals surface area contributed by atoms with Gasteiger partial charge in [0.15, 0.2) is 0 Å². The van der Waals surface area contributed by atoms with Gasteiger partial charge in [0.25, 0.3) is 0 Å². The fraction of sp³-hybridized carbons (Fsp3) is 0.476. The summed E-state index contributed by atoms with van der Waals surface area (Å²) in [6, 6.07) is 7.76. The molecule has 1 fully saturated rings. The van der Waals surface area contributed by atoms with Gasteiger partial charge in [-0.2, -0.15) is 4.98 Å². The van der Waals surface area contributed by atoms with Gasteiger partial charge in [-0.3, -0.25) is 0 Å². The summed E-state index contributed by atoms with van der Waals surface area (Å²) >= 11 is 0. The van der Waals surface area contributed by atoms with Crippen molar-refractivity contribution in [2.24, 2.45) is 0 Å². The molecule has 1 aromatic carbocycles. The van der Waals surface area contributed by atoms with Crippen LogP contribution in [-0.4, -0.2) is 47.3 Å². The lowest BCUT2D eigenvalue weighted by molar-refractivity contribution is 0.0600. The Morgan fingerprint density at radius 1 is 1.32 bits per heavy atom. The predicted molar refractivity (Wildman–Crippen MR) is 107 cm³/mol. The highest BCUT2D eigenvalue weighted by molar-refractivity contribution is 5.89. The van der Waals surface area contributed by atoms with Crippen molar-refractivity contribution in [2.45, 2.75) is 44.7 Å². The van der Waals surface area contributed by atoms with E-state index in [0.717, 1.165) is 31.0 Å². The minimum Gasteiger partial charge on any atom is -0.465 e. The lowest BCUT2D eigenvalue weighted by Crippen LogP contribution is -2.32. The molecule has 0 amide bonds. The van der Waals surface area contributed by atoms with Gasteiger partial charge in [-0.15, -0.1) is 0 Å². The van der Waals surface area contributed by atoms with E-state index in [1.165, 1.54) is 31.1 Å². The quantitative estimate of drug-likeness (QED) is 0.742. The van der Waals surface area contributed by atoms with E-state index in [1.807, 2.05) is 25.1 Å². The summed E-state index contributed by atoms with van der Waals surface area (Å²) in [5, 5.41) is 12.5. The normalized spacial score (nSPS) is 17.0. The van der Waals surface area contributed by atoms with Crippen LogP contribution in [0.1, 0.15) is 52.9 Å². The third-order valence-electron chi connectivity index (χ3n) is 5.34. The Morgan fingerprint density at radius 2 is 2.14 bits per heavy atom. The van der Waals surface area contributed by atoms with Gasteiger partial charge >= 0.3 is 5.97 Å². The highest BCUT2D eigenvalue weighted by Gasteiger charge is 2.28. The van der Waals surface area contributed by atoms with Gasteiger partial charge < -0.3 is 20.1 Å². The van der Waals surface area contributed by atoms with Crippen LogP contribution in [0, 0.1) is 0 Å². The van der Waals surface area contributed by atoms with E-state index in [0.29, 0.717) is 17.4 Å². The third kappa shape index (κ3) is 3.94. The standard InChI is InChI=1S/C21H26N4O3/c1-13(12-26)22-21-23-18(14-3-4-14)10-19(24-21)25-8-7-15-9-16(20(27)28-2)5-6-17(15)11-25/h5-6,9-10,13-14,26H,3-4,7-8,11-12H2,1-2H3,(H,22,23,24)/t13-/m0/s1. The average Bonchev–Trinajstić information content (AvgIpc) is 3.57. The zero-order chi connectivity index (χ0) is 19.7. The second-order valence-electron chi connectivity index (χ2n) is 7.62. The number of carbonyl (C=O) groups is 1. The first-order valence-electron chi connectivity index (χ1n) is 9.79. The number of anilines is 2. The number of hydrogen-bond acceptors (Lipinski definition) is 7. The van der Waals surface area contributed by atoms with Crippen LogP contribution in [0.2, 0.25) is 0 Å². The van der Waals surface area contributed by atoms with E-state index in [2.05, 4.69) is 21.3 Å². The fourth-order valence-electron chi connectivity index (χ4n) is 3.53. The lowest BCUT2D eigenvalue weighted by atomic mass is 9.97. The molecule has 2 heterocycles. The molecule has 0 bridgehead atoms. The number of esters is 1. The van der Waals surface area contributed by atoms with E-state index in [4.69, 9.17) is 9.72 Å². The van der Waals surface area contributed by atoms with Crippen molar-refractivity contribution in [3.8, 4) is 0 Å². The van der Waals surface area contributed by atoms with Crippen LogP contribution >= 0.6 is 0 Å². The number of rotatable bonds is 6. The second-order valence-corrected chi connectivity index (χ2v) is 7.62. The van der Waals surface area contributed by atoms with Crippen molar-refractivity contribution in [3.63, 3.8) is 0 Å². The van der Waals surface area contributed by atoms with Crippen molar-refractivity contribution in [3.05, 3.63) is 46.6 Å². The second kappa shape index (κ2) is 7.75. The first-order valence-corrected chi connectivity index (χ1v) is 9.79. The Kier molecular flexibility index (Phi) is 5.17. The van der Waals surface area contributed by atoms with Crippen LogP contribution in [0.3, 0.4) is 0 Å². The molecule has 7 nitrogen and oxygen atoms in total. The highest BCUT2D eigenvalue weighted by Crippen LogP contribution is 2.40. The predicted octanol–water partition coefficient (Wildman–Crippen LogP) is 2.50. The smallest absolute Gasteiger partial charge is 0.337 e. The van der Waals surface area contributed by atoms with E-state index in [1.54, 1.807) is 0 Å². The Labute approximate surface area is 164 Å². The van der Waals surface area contributed by atoms with Crippen molar-refractivity contribution in [2.75, 3.05) is 30.5 Å². The van der Waals surface area contributed by atoms with E-state index in [9.17, 15) is 9.90 Å². The molecule has 0 radical (unpaired) electrons. The Hall–Kier alpha value is -2.67. The number of methoxy groups -OCH3 is 1. The molecule has 1 aromatic heterocycles. The number of benzene rings is 1. The Bertz CT molecular complexity index is 882. The molecular weight excluding hydrogens is 356 g/mol. The van der Waals surface area contributed by atoms with Crippen molar-refractivity contribution >= 4 is 17.7 Å². The zero-order valence-corrected chi connectivity index (χ0v) is 16.3. The molecule has 148 valence electrons. The van der Waals surface area contributed by atoms with Crippen molar-refractivity contribution in [1.82, 2.24) is 9.97 Å². The number of ether oxygens (including phenoxy) is 1. The molecule has 0 saturated heterocycles. The monoisotopic (exact) mass is 382 g/mol. The van der Waals surface area contributed by atoms with Gasteiger partial charge in [-0.05, 0) is 49.4 Å². The molecule has 4 rings (SSSR count). The Balaban J connectivity index is 1.58. The molecule has 0 unspecified atom stereocenters. The van der Waals surface area contributed by atoms with Crippen molar-refractivity contribution < 1.29 is 14.6 Å². The number of nitrogens with zero attached hydrogens (tertiary/aromatic N) is 3. The maximum Gasteiger partial charge on any atom is 0.337 e. The number of aliphatic hydroxyl groups excluding tert-OH is 1. The minimum absolute atomic E-state index is 0.0337. The average molecular weight is 382 g/mol.